The fourth-order valence-corrected chi connectivity index (χ4v) is 2.75. The second-order valence-corrected chi connectivity index (χ2v) is 6.33. The number of Topliss-reactive ketones (excluding diaryl/α,β-unsaturated/α-hetero) is 1. The van der Waals surface area contributed by atoms with E-state index >= 15 is 0 Å². The number of ketones is 1. The predicted octanol–water partition coefficient (Wildman–Crippen LogP) is 3.39. The van der Waals surface area contributed by atoms with Gasteiger partial charge in [-0.2, -0.15) is 0 Å². The highest BCUT2D eigenvalue weighted by Crippen LogP contribution is 2.18. The van der Waals surface area contributed by atoms with E-state index in [1.165, 1.54) is 23.8 Å². The summed E-state index contributed by atoms with van der Waals surface area (Å²) in [5.41, 5.74) is 2.64. The van der Waals surface area contributed by atoms with Crippen LogP contribution >= 0.6 is 0 Å². The van der Waals surface area contributed by atoms with Gasteiger partial charge in [-0.1, -0.05) is 38.1 Å². The van der Waals surface area contributed by atoms with Gasteiger partial charge in [0.25, 0.3) is 0 Å². The Morgan fingerprint density at radius 1 is 1.08 bits per heavy atom. The summed E-state index contributed by atoms with van der Waals surface area (Å²) in [7, 11) is 1.27. The normalized spacial score (nSPS) is 11.1. The summed E-state index contributed by atoms with van der Waals surface area (Å²) in [5.74, 6) is -0.983. The van der Waals surface area contributed by atoms with Gasteiger partial charge in [0, 0.05) is 5.56 Å². The molecule has 0 bridgehead atoms. The van der Waals surface area contributed by atoms with Crippen molar-refractivity contribution in [3.8, 4) is 0 Å². The van der Waals surface area contributed by atoms with Gasteiger partial charge in [0.15, 0.2) is 11.4 Å². The lowest BCUT2D eigenvalue weighted by Crippen LogP contribution is -2.20. The van der Waals surface area contributed by atoms with Gasteiger partial charge in [-0.3, -0.25) is 9.36 Å². The number of rotatable bonds is 5. The standard InChI is InChI=1S/C20H19NO5/c1-12(2)13-4-6-14(7-5-13)17(22)11-21-16-9-8-15(19(23)25-3)10-18(16)26-20(21)24/h4-10,12H,11H2,1-3H3. The molecule has 0 saturated heterocycles. The Hall–Kier alpha value is -3.15. The van der Waals surface area contributed by atoms with Crippen LogP contribution in [0.25, 0.3) is 11.1 Å². The number of methoxy groups -OCH3 is 1. The lowest BCUT2D eigenvalue weighted by atomic mass is 10.0. The van der Waals surface area contributed by atoms with E-state index in [9.17, 15) is 14.4 Å². The third-order valence-electron chi connectivity index (χ3n) is 4.29. The number of ether oxygens (including phenoxy) is 1. The molecular formula is C20H19NO5. The number of esters is 1. The summed E-state index contributed by atoms with van der Waals surface area (Å²) in [4.78, 5) is 36.2. The number of oxazole rings is 1. The fourth-order valence-electron chi connectivity index (χ4n) is 2.75. The van der Waals surface area contributed by atoms with Crippen molar-refractivity contribution in [2.75, 3.05) is 7.11 Å². The van der Waals surface area contributed by atoms with Crippen molar-refractivity contribution in [2.24, 2.45) is 0 Å². The highest BCUT2D eigenvalue weighted by Gasteiger charge is 2.16. The summed E-state index contributed by atoms with van der Waals surface area (Å²) < 4.78 is 11.1. The molecule has 134 valence electrons. The zero-order valence-electron chi connectivity index (χ0n) is 14.8. The lowest BCUT2D eigenvalue weighted by molar-refractivity contribution is 0.0600. The molecule has 6 heteroatoms. The van der Waals surface area contributed by atoms with Gasteiger partial charge < -0.3 is 9.15 Å². The van der Waals surface area contributed by atoms with Gasteiger partial charge in [0.05, 0.1) is 24.7 Å². The molecule has 0 saturated carbocycles. The average molecular weight is 353 g/mol. The van der Waals surface area contributed by atoms with Crippen molar-refractivity contribution in [2.45, 2.75) is 26.3 Å². The van der Waals surface area contributed by atoms with Crippen LogP contribution in [0.3, 0.4) is 0 Å². The van der Waals surface area contributed by atoms with Crippen LogP contribution < -0.4 is 5.76 Å². The van der Waals surface area contributed by atoms with Crippen LogP contribution in [-0.2, 0) is 11.3 Å². The van der Waals surface area contributed by atoms with Crippen LogP contribution in [0, 0.1) is 0 Å². The molecule has 0 aliphatic heterocycles. The van der Waals surface area contributed by atoms with E-state index in [1.807, 2.05) is 12.1 Å². The van der Waals surface area contributed by atoms with E-state index < -0.39 is 11.7 Å². The van der Waals surface area contributed by atoms with Crippen molar-refractivity contribution < 1.29 is 18.7 Å². The molecule has 0 fully saturated rings. The van der Waals surface area contributed by atoms with E-state index in [2.05, 4.69) is 18.6 Å². The van der Waals surface area contributed by atoms with E-state index in [-0.39, 0.29) is 23.5 Å². The Labute approximate surface area is 150 Å². The lowest BCUT2D eigenvalue weighted by Gasteiger charge is -2.07. The zero-order chi connectivity index (χ0) is 18.8. The fraction of sp³-hybridized carbons (Fsp3) is 0.250. The molecule has 0 radical (unpaired) electrons. The second-order valence-electron chi connectivity index (χ2n) is 6.33. The van der Waals surface area contributed by atoms with E-state index in [4.69, 9.17) is 4.42 Å². The van der Waals surface area contributed by atoms with Crippen molar-refractivity contribution >= 4 is 22.9 Å². The molecule has 6 nitrogen and oxygen atoms in total. The number of benzene rings is 2. The number of carbonyl (C=O) groups excluding carboxylic acids is 2. The third-order valence-corrected chi connectivity index (χ3v) is 4.29. The smallest absolute Gasteiger partial charge is 0.420 e. The Morgan fingerprint density at radius 2 is 1.73 bits per heavy atom. The highest BCUT2D eigenvalue weighted by molar-refractivity contribution is 5.97. The number of hydrogen-bond acceptors (Lipinski definition) is 5. The van der Waals surface area contributed by atoms with Crippen LogP contribution in [0.2, 0.25) is 0 Å². The molecule has 1 aromatic heterocycles. The molecule has 0 N–H and O–H groups in total. The maximum atomic E-state index is 12.5. The van der Waals surface area contributed by atoms with Crippen molar-refractivity contribution in [1.82, 2.24) is 4.57 Å². The van der Waals surface area contributed by atoms with E-state index in [1.54, 1.807) is 18.2 Å². The number of aromatic nitrogens is 1. The van der Waals surface area contributed by atoms with Crippen LogP contribution in [0.5, 0.6) is 0 Å². The first-order valence-electron chi connectivity index (χ1n) is 8.25. The van der Waals surface area contributed by atoms with Crippen molar-refractivity contribution in [3.05, 3.63) is 69.7 Å². The van der Waals surface area contributed by atoms with Crippen LogP contribution in [0.1, 0.15) is 46.0 Å². The predicted molar refractivity (Wildman–Crippen MR) is 96.7 cm³/mol. The van der Waals surface area contributed by atoms with Gasteiger partial charge >= 0.3 is 11.7 Å². The monoisotopic (exact) mass is 353 g/mol. The summed E-state index contributed by atoms with van der Waals surface area (Å²) in [6.07, 6.45) is 0. The van der Waals surface area contributed by atoms with Gasteiger partial charge in [0.2, 0.25) is 0 Å². The number of carbonyl (C=O) groups is 2. The minimum Gasteiger partial charge on any atom is -0.465 e. The minimum absolute atomic E-state index is 0.134. The molecule has 0 spiro atoms. The first kappa shape index (κ1) is 17.7. The van der Waals surface area contributed by atoms with Gasteiger partial charge in [-0.15, -0.1) is 0 Å². The molecule has 0 amide bonds. The van der Waals surface area contributed by atoms with Gasteiger partial charge in [-0.05, 0) is 29.7 Å². The van der Waals surface area contributed by atoms with E-state index in [0.29, 0.717) is 17.0 Å². The number of nitrogens with zero attached hydrogens (tertiary/aromatic N) is 1. The summed E-state index contributed by atoms with van der Waals surface area (Å²) in [5, 5.41) is 0. The largest absolute Gasteiger partial charge is 0.465 e. The Bertz CT molecular complexity index is 1020. The molecule has 0 unspecified atom stereocenters. The Kier molecular flexibility index (Phi) is 4.75. The molecule has 3 rings (SSSR count). The van der Waals surface area contributed by atoms with Gasteiger partial charge in [-0.25, -0.2) is 9.59 Å². The first-order valence-corrected chi connectivity index (χ1v) is 8.25. The Balaban J connectivity index is 1.90. The topological polar surface area (TPSA) is 78.5 Å². The third kappa shape index (κ3) is 3.31. The molecule has 0 aliphatic carbocycles. The molecular weight excluding hydrogens is 334 g/mol. The van der Waals surface area contributed by atoms with Crippen LogP contribution in [0.15, 0.2) is 51.7 Å². The summed E-state index contributed by atoms with van der Waals surface area (Å²) in [6, 6.07) is 11.9. The van der Waals surface area contributed by atoms with Gasteiger partial charge in [0.1, 0.15) is 0 Å². The van der Waals surface area contributed by atoms with Crippen molar-refractivity contribution in [1.29, 1.82) is 0 Å². The zero-order valence-corrected chi connectivity index (χ0v) is 14.8. The van der Waals surface area contributed by atoms with E-state index in [0.717, 1.165) is 5.56 Å². The molecule has 2 aromatic carbocycles. The average Bonchev–Trinajstić information content (AvgIpc) is 2.95. The van der Waals surface area contributed by atoms with Crippen molar-refractivity contribution in [3.63, 3.8) is 0 Å². The van der Waals surface area contributed by atoms with Crippen LogP contribution in [0.4, 0.5) is 0 Å². The summed E-state index contributed by atoms with van der Waals surface area (Å²) in [6.45, 7) is 4.03. The molecule has 1 heterocycles. The SMILES string of the molecule is COC(=O)c1ccc2c(c1)oc(=O)n2CC(=O)c1ccc(C(C)C)cc1. The molecule has 3 aromatic rings. The quantitative estimate of drug-likeness (QED) is 0.519. The molecule has 0 aliphatic rings. The number of hydrogen-bond donors (Lipinski definition) is 0. The minimum atomic E-state index is -0.644. The van der Waals surface area contributed by atoms with Crippen LogP contribution in [-0.4, -0.2) is 23.4 Å². The first-order chi connectivity index (χ1) is 12.4. The molecule has 26 heavy (non-hydrogen) atoms. The highest BCUT2D eigenvalue weighted by atomic mass is 16.5. The molecule has 0 atom stereocenters. The summed E-state index contributed by atoms with van der Waals surface area (Å²) >= 11 is 0. The maximum absolute atomic E-state index is 12.5. The maximum Gasteiger partial charge on any atom is 0.420 e. The second kappa shape index (κ2) is 7.00. The number of fused-ring (bicyclic) bond motifs is 1. The Morgan fingerprint density at radius 3 is 2.35 bits per heavy atom.